The van der Waals surface area contributed by atoms with Crippen molar-refractivity contribution < 1.29 is 29.3 Å². The Morgan fingerprint density at radius 1 is 0.886 bits per heavy atom. The largest absolute Gasteiger partial charge is 0.507 e. The van der Waals surface area contributed by atoms with Gasteiger partial charge in [0.05, 0.1) is 5.60 Å². The summed E-state index contributed by atoms with van der Waals surface area (Å²) in [5, 5.41) is 23.5. The highest BCUT2D eigenvalue weighted by Gasteiger charge is 2.81. The summed E-state index contributed by atoms with van der Waals surface area (Å²) in [6.45, 7) is 18.0. The van der Waals surface area contributed by atoms with Crippen molar-refractivity contribution in [3.63, 3.8) is 0 Å². The highest BCUT2D eigenvalue weighted by atomic mass is 16.6. The number of aromatic hydroxyl groups is 2. The van der Waals surface area contributed by atoms with E-state index in [1.807, 2.05) is 66.7 Å². The molecule has 0 aromatic heterocycles. The number of ether oxygens (including phenoxy) is 2. The van der Waals surface area contributed by atoms with Crippen LogP contribution in [0.5, 0.6) is 17.2 Å². The van der Waals surface area contributed by atoms with Gasteiger partial charge in [-0.25, -0.2) is 0 Å². The molecule has 44 heavy (non-hydrogen) atoms. The van der Waals surface area contributed by atoms with Crippen LogP contribution in [0.3, 0.4) is 0 Å². The van der Waals surface area contributed by atoms with Gasteiger partial charge in [0.15, 0.2) is 22.8 Å². The first-order chi connectivity index (χ1) is 20.6. The van der Waals surface area contributed by atoms with E-state index in [2.05, 4.69) is 19.9 Å². The zero-order chi connectivity index (χ0) is 32.4. The fourth-order valence-electron chi connectivity index (χ4n) is 7.76. The summed E-state index contributed by atoms with van der Waals surface area (Å²) in [7, 11) is 0. The molecule has 1 saturated heterocycles. The minimum Gasteiger partial charge on any atom is -0.507 e. The smallest absolute Gasteiger partial charge is 0.200 e. The second-order valence-electron chi connectivity index (χ2n) is 14.4. The summed E-state index contributed by atoms with van der Waals surface area (Å²) in [5.41, 5.74) is 2.21. The number of rotatable bonds is 9. The van der Waals surface area contributed by atoms with Crippen LogP contribution >= 0.6 is 0 Å². The maximum atomic E-state index is 14.7. The van der Waals surface area contributed by atoms with E-state index in [0.29, 0.717) is 29.5 Å². The highest BCUT2D eigenvalue weighted by Crippen LogP contribution is 2.68. The molecular formula is C38H48O6. The Morgan fingerprint density at radius 2 is 1.52 bits per heavy atom. The lowest BCUT2D eigenvalue weighted by Gasteiger charge is -2.56. The molecule has 1 aromatic carbocycles. The van der Waals surface area contributed by atoms with Gasteiger partial charge in [-0.3, -0.25) is 9.59 Å². The molecule has 2 aliphatic heterocycles. The van der Waals surface area contributed by atoms with Gasteiger partial charge in [-0.1, -0.05) is 52.7 Å². The molecule has 6 nitrogen and oxygen atoms in total. The minimum atomic E-state index is -1.39. The molecule has 4 atom stereocenters. The first-order valence-corrected chi connectivity index (χ1v) is 15.9. The maximum absolute atomic E-state index is 14.7. The van der Waals surface area contributed by atoms with Crippen molar-refractivity contribution in [1.29, 1.82) is 0 Å². The number of hydrogen-bond acceptors (Lipinski definition) is 6. The predicted octanol–water partition coefficient (Wildman–Crippen LogP) is 8.20. The van der Waals surface area contributed by atoms with Crippen LogP contribution in [0.1, 0.15) is 109 Å². The molecule has 1 spiro atoms. The van der Waals surface area contributed by atoms with Crippen LogP contribution < -0.4 is 4.74 Å². The fourth-order valence-corrected chi connectivity index (χ4v) is 7.76. The molecule has 236 valence electrons. The molecule has 6 heteroatoms. The Labute approximate surface area is 262 Å². The Morgan fingerprint density at radius 3 is 2.16 bits per heavy atom. The van der Waals surface area contributed by atoms with Gasteiger partial charge in [0.2, 0.25) is 0 Å². The molecule has 3 aliphatic carbocycles. The van der Waals surface area contributed by atoms with Gasteiger partial charge in [-0.05, 0) is 94.4 Å². The summed E-state index contributed by atoms with van der Waals surface area (Å²) >= 11 is 0. The van der Waals surface area contributed by atoms with Gasteiger partial charge in [-0.2, -0.15) is 0 Å². The molecule has 2 heterocycles. The second kappa shape index (κ2) is 11.2. The van der Waals surface area contributed by atoms with E-state index >= 15 is 0 Å². The van der Waals surface area contributed by atoms with Crippen molar-refractivity contribution in [2.24, 2.45) is 11.8 Å². The number of hydrogen-bond donors (Lipinski definition) is 2. The number of ketones is 2. The van der Waals surface area contributed by atoms with Gasteiger partial charge in [0, 0.05) is 35.0 Å². The normalized spacial score (nSPS) is 27.7. The van der Waals surface area contributed by atoms with Crippen molar-refractivity contribution >= 4 is 11.6 Å². The molecule has 0 radical (unpaired) electrons. The first kappa shape index (κ1) is 32.0. The molecule has 1 aromatic rings. The number of fused-ring (bicyclic) bond motifs is 1. The van der Waals surface area contributed by atoms with E-state index < -0.39 is 22.7 Å². The molecular weight excluding hydrogens is 552 g/mol. The van der Waals surface area contributed by atoms with Crippen LogP contribution in [0.4, 0.5) is 0 Å². The number of allylic oxidation sites excluding steroid dienone is 8. The van der Waals surface area contributed by atoms with E-state index in [0.717, 1.165) is 29.6 Å². The average molecular weight is 601 g/mol. The lowest BCUT2D eigenvalue weighted by molar-refractivity contribution is -0.171. The average Bonchev–Trinajstić information content (AvgIpc) is 3.08. The molecule has 5 aliphatic rings. The Bertz CT molecular complexity index is 1570. The third kappa shape index (κ3) is 4.81. The van der Waals surface area contributed by atoms with Gasteiger partial charge in [0.1, 0.15) is 22.8 Å². The molecule has 6 rings (SSSR count). The summed E-state index contributed by atoms with van der Waals surface area (Å²) in [6.07, 6.45) is 13.1. The summed E-state index contributed by atoms with van der Waals surface area (Å²) in [5.74, 6) is -1.33. The zero-order valence-corrected chi connectivity index (χ0v) is 27.8. The Hall–Kier alpha value is -3.38. The van der Waals surface area contributed by atoms with Gasteiger partial charge in [-0.15, -0.1) is 0 Å². The molecule has 2 fully saturated rings. The number of phenols is 2. The number of benzene rings is 1. The minimum absolute atomic E-state index is 0.0667. The monoisotopic (exact) mass is 600 g/mol. The second-order valence-corrected chi connectivity index (χ2v) is 14.4. The van der Waals surface area contributed by atoms with Crippen LogP contribution in [0.2, 0.25) is 0 Å². The lowest BCUT2D eigenvalue weighted by Crippen LogP contribution is -2.72. The molecule has 0 amide bonds. The standard InChI is InChI=1S/C38H48O6/c1-21(2)11-10-12-24(7)14-16-26-31(39)27(15-13-22(3)4)34-30(32(26)40)33(41)28-19-25-20-29-36(8,9)44-37(35(25)42,18-17-23(5)6)38(28,29)43-34/h11,13-14,17,19,25,29,39-40H,10,12,15-16,18,20H2,1-9H3/b24-14+/t25-,29?,37+,38-/m1/s1. The number of Topliss-reactive ketones (excluding diaryl/α,β-unsaturated/α-hetero) is 2. The van der Waals surface area contributed by atoms with Gasteiger partial charge < -0.3 is 19.7 Å². The van der Waals surface area contributed by atoms with E-state index in [-0.39, 0.29) is 53.1 Å². The molecule has 1 saturated carbocycles. The third-order valence-corrected chi connectivity index (χ3v) is 9.95. The zero-order valence-electron chi connectivity index (χ0n) is 27.8. The summed E-state index contributed by atoms with van der Waals surface area (Å²) < 4.78 is 13.8. The predicted molar refractivity (Wildman–Crippen MR) is 173 cm³/mol. The van der Waals surface area contributed by atoms with Crippen molar-refractivity contribution in [2.45, 2.75) is 118 Å². The molecule has 2 N–H and O–H groups in total. The van der Waals surface area contributed by atoms with Crippen LogP contribution in [0, 0.1) is 11.8 Å². The highest BCUT2D eigenvalue weighted by molar-refractivity contribution is 6.18. The van der Waals surface area contributed by atoms with Gasteiger partial charge in [0.25, 0.3) is 0 Å². The van der Waals surface area contributed by atoms with Gasteiger partial charge >= 0.3 is 0 Å². The molecule has 4 bridgehead atoms. The van der Waals surface area contributed by atoms with E-state index in [1.165, 1.54) is 5.57 Å². The van der Waals surface area contributed by atoms with Crippen molar-refractivity contribution in [1.82, 2.24) is 0 Å². The topological polar surface area (TPSA) is 93.1 Å². The third-order valence-electron chi connectivity index (χ3n) is 9.95. The van der Waals surface area contributed by atoms with E-state index in [1.54, 1.807) is 6.08 Å². The quantitative estimate of drug-likeness (QED) is 0.278. The van der Waals surface area contributed by atoms with Crippen molar-refractivity contribution in [2.75, 3.05) is 0 Å². The molecule has 1 unspecified atom stereocenters. The van der Waals surface area contributed by atoms with Crippen molar-refractivity contribution in [3.8, 4) is 17.2 Å². The Balaban J connectivity index is 1.71. The number of phenolic OH excluding ortho intramolecular Hbond substituents is 2. The van der Waals surface area contributed by atoms with Crippen LogP contribution in [0.15, 0.2) is 58.2 Å². The first-order valence-electron chi connectivity index (χ1n) is 15.9. The van der Waals surface area contributed by atoms with E-state index in [9.17, 15) is 19.8 Å². The SMILES string of the molecule is CC(C)=CCC/C(C)=C/Cc1c(O)c(CC=C(C)C)c2c(c1O)C(=O)C1=C[C@@H]3CC4C(C)(C)O[C@@](CC=C(C)C)(C3=O)[C@@]14O2. The van der Waals surface area contributed by atoms with Crippen LogP contribution in [0.25, 0.3) is 0 Å². The number of carbonyl (C=O) groups is 2. The van der Waals surface area contributed by atoms with E-state index in [4.69, 9.17) is 9.47 Å². The van der Waals surface area contributed by atoms with Crippen LogP contribution in [-0.4, -0.2) is 38.6 Å². The maximum Gasteiger partial charge on any atom is 0.200 e. The fraction of sp³-hybridized carbons (Fsp3) is 0.526. The summed E-state index contributed by atoms with van der Waals surface area (Å²) in [4.78, 5) is 28.8. The number of carbonyl (C=O) groups excluding carboxylic acids is 2. The van der Waals surface area contributed by atoms with Crippen LogP contribution in [-0.2, 0) is 22.4 Å². The summed E-state index contributed by atoms with van der Waals surface area (Å²) in [6, 6.07) is 0. The Kier molecular flexibility index (Phi) is 8.16. The van der Waals surface area contributed by atoms with Crippen molar-refractivity contribution in [3.05, 3.63) is 74.9 Å². The lowest BCUT2D eigenvalue weighted by atomic mass is 9.51.